The molecular weight excluding hydrogens is 584 g/mol. The van der Waals surface area contributed by atoms with Crippen LogP contribution in [-0.2, 0) is 22.6 Å². The van der Waals surface area contributed by atoms with Gasteiger partial charge in [-0.15, -0.1) is 0 Å². The van der Waals surface area contributed by atoms with Gasteiger partial charge >= 0.3 is 6.09 Å². The number of carbonyl (C=O) groups excluding carboxylic acids is 3. The molecule has 4 aromatic rings. The molecule has 0 bridgehead atoms. The predicted molar refractivity (Wildman–Crippen MR) is 173 cm³/mol. The standard InChI is InChI=1S/C36H40N4O6/c1-4-39(34(42)28(21-24(2)3)38-36(44)46-22-25-13-7-5-8-14-25)31(27-16-9-6-10-17-27)32(41)33-37-29(23-45-33)35(43)40-20-19-26-15-11-12-18-30(26)40/h5-18,23-24,28,31-32,41H,4,19-22H2,1-3H3,(H,38,44). The van der Waals surface area contributed by atoms with Gasteiger partial charge < -0.3 is 29.4 Å². The number of aromatic nitrogens is 1. The summed E-state index contributed by atoms with van der Waals surface area (Å²) in [5.74, 6) is -0.746. The molecule has 0 radical (unpaired) electrons. The zero-order chi connectivity index (χ0) is 32.6. The van der Waals surface area contributed by atoms with Crippen molar-refractivity contribution in [2.24, 2.45) is 5.92 Å². The highest BCUT2D eigenvalue weighted by atomic mass is 16.5. The third-order valence-corrected chi connectivity index (χ3v) is 8.04. The number of rotatable bonds is 12. The zero-order valence-corrected chi connectivity index (χ0v) is 26.3. The van der Waals surface area contributed by atoms with Crippen molar-refractivity contribution in [3.8, 4) is 0 Å². The number of amides is 3. The molecular formula is C36H40N4O6. The van der Waals surface area contributed by atoms with E-state index in [1.165, 1.54) is 11.2 Å². The van der Waals surface area contributed by atoms with Crippen molar-refractivity contribution in [3.05, 3.63) is 119 Å². The number of alkyl carbamates (subject to hydrolysis) is 1. The fourth-order valence-electron chi connectivity index (χ4n) is 5.82. The first kappa shape index (κ1) is 32.4. The third kappa shape index (κ3) is 7.46. The maximum Gasteiger partial charge on any atom is 0.408 e. The molecule has 1 aromatic heterocycles. The molecule has 3 atom stereocenters. The minimum Gasteiger partial charge on any atom is -0.445 e. The summed E-state index contributed by atoms with van der Waals surface area (Å²) in [7, 11) is 0. The Hall–Kier alpha value is -4.96. The summed E-state index contributed by atoms with van der Waals surface area (Å²) in [6.45, 7) is 6.51. The van der Waals surface area contributed by atoms with E-state index in [0.29, 0.717) is 18.5 Å². The molecule has 0 spiro atoms. The van der Waals surface area contributed by atoms with Gasteiger partial charge in [-0.05, 0) is 48.4 Å². The number of ether oxygens (including phenoxy) is 1. The lowest BCUT2D eigenvalue weighted by Crippen LogP contribution is -2.51. The second kappa shape index (κ2) is 14.9. The normalized spacial score (nSPS) is 14.3. The maximum atomic E-state index is 14.2. The van der Waals surface area contributed by atoms with Crippen LogP contribution < -0.4 is 10.2 Å². The summed E-state index contributed by atoms with van der Waals surface area (Å²) >= 11 is 0. The molecule has 1 aliphatic rings. The smallest absolute Gasteiger partial charge is 0.408 e. The zero-order valence-electron chi connectivity index (χ0n) is 26.3. The van der Waals surface area contributed by atoms with E-state index in [9.17, 15) is 19.5 Å². The van der Waals surface area contributed by atoms with Gasteiger partial charge in [0.2, 0.25) is 11.8 Å². The Balaban J connectivity index is 1.38. The van der Waals surface area contributed by atoms with E-state index < -0.39 is 30.2 Å². The first-order valence-corrected chi connectivity index (χ1v) is 15.6. The number of likely N-dealkylation sites (N-methyl/N-ethyl adjacent to an activating group) is 1. The molecule has 240 valence electrons. The first-order chi connectivity index (χ1) is 22.3. The Labute approximate surface area is 269 Å². The predicted octanol–water partition coefficient (Wildman–Crippen LogP) is 5.84. The van der Waals surface area contributed by atoms with Crippen LogP contribution in [0.2, 0.25) is 0 Å². The van der Waals surface area contributed by atoms with Gasteiger partial charge in [0.1, 0.15) is 18.9 Å². The number of hydrogen-bond donors (Lipinski definition) is 2. The van der Waals surface area contributed by atoms with Gasteiger partial charge in [-0.1, -0.05) is 92.7 Å². The summed E-state index contributed by atoms with van der Waals surface area (Å²) in [6.07, 6.45) is 0.207. The number of benzene rings is 3. The van der Waals surface area contributed by atoms with Crippen LogP contribution in [-0.4, -0.2) is 52.0 Å². The highest BCUT2D eigenvalue weighted by molar-refractivity contribution is 6.05. The number of hydrogen-bond acceptors (Lipinski definition) is 7. The van der Waals surface area contributed by atoms with Gasteiger partial charge in [0, 0.05) is 18.8 Å². The van der Waals surface area contributed by atoms with E-state index in [2.05, 4.69) is 10.3 Å². The molecule has 10 heteroatoms. The van der Waals surface area contributed by atoms with Crippen molar-refractivity contribution in [1.82, 2.24) is 15.2 Å². The number of carbonyl (C=O) groups is 3. The lowest BCUT2D eigenvalue weighted by Gasteiger charge is -2.36. The number of aliphatic hydroxyl groups is 1. The Morgan fingerprint density at radius 2 is 1.67 bits per heavy atom. The van der Waals surface area contributed by atoms with Crippen molar-refractivity contribution >= 4 is 23.6 Å². The fourth-order valence-corrected chi connectivity index (χ4v) is 5.82. The Kier molecular flexibility index (Phi) is 10.5. The third-order valence-electron chi connectivity index (χ3n) is 8.04. The number of oxazole rings is 1. The highest BCUT2D eigenvalue weighted by Crippen LogP contribution is 2.35. The van der Waals surface area contributed by atoms with E-state index in [0.717, 1.165) is 23.2 Å². The van der Waals surface area contributed by atoms with E-state index in [1.54, 1.807) is 24.0 Å². The van der Waals surface area contributed by atoms with Crippen LogP contribution in [0.15, 0.2) is 95.6 Å². The van der Waals surface area contributed by atoms with Gasteiger partial charge in [0.15, 0.2) is 11.8 Å². The second-order valence-corrected chi connectivity index (χ2v) is 11.7. The number of para-hydroxylation sites is 1. The Morgan fingerprint density at radius 1 is 1.00 bits per heavy atom. The van der Waals surface area contributed by atoms with Crippen LogP contribution in [0.25, 0.3) is 0 Å². The van der Waals surface area contributed by atoms with Crippen molar-refractivity contribution in [3.63, 3.8) is 0 Å². The highest BCUT2D eigenvalue weighted by Gasteiger charge is 2.38. The van der Waals surface area contributed by atoms with Crippen molar-refractivity contribution in [2.75, 3.05) is 18.0 Å². The van der Waals surface area contributed by atoms with E-state index >= 15 is 0 Å². The summed E-state index contributed by atoms with van der Waals surface area (Å²) in [5.41, 5.74) is 3.43. The fraction of sp³-hybridized carbons (Fsp3) is 0.333. The quantitative estimate of drug-likeness (QED) is 0.203. The molecule has 0 aliphatic carbocycles. The number of aliphatic hydroxyl groups excluding tert-OH is 1. The molecule has 2 heterocycles. The lowest BCUT2D eigenvalue weighted by atomic mass is 9.96. The minimum absolute atomic E-state index is 0.0618. The first-order valence-electron chi connectivity index (χ1n) is 15.6. The molecule has 2 N–H and O–H groups in total. The second-order valence-electron chi connectivity index (χ2n) is 11.7. The molecule has 0 saturated heterocycles. The molecule has 10 nitrogen and oxygen atoms in total. The number of nitrogens with one attached hydrogen (secondary N) is 1. The molecule has 3 aromatic carbocycles. The SMILES string of the molecule is CCN(C(=O)C(CC(C)C)NC(=O)OCc1ccccc1)C(c1ccccc1)C(O)c1nc(C(=O)N2CCc3ccccc32)co1. The molecule has 3 amide bonds. The van der Waals surface area contributed by atoms with Crippen LogP contribution >= 0.6 is 0 Å². The van der Waals surface area contributed by atoms with E-state index in [4.69, 9.17) is 9.15 Å². The lowest BCUT2D eigenvalue weighted by molar-refractivity contribution is -0.139. The largest absolute Gasteiger partial charge is 0.445 e. The van der Waals surface area contributed by atoms with Gasteiger partial charge in [-0.25, -0.2) is 9.78 Å². The average molecular weight is 625 g/mol. The molecule has 5 rings (SSSR count). The minimum atomic E-state index is -1.41. The van der Waals surface area contributed by atoms with Gasteiger partial charge in [-0.2, -0.15) is 0 Å². The van der Waals surface area contributed by atoms with Crippen LogP contribution in [0.5, 0.6) is 0 Å². The molecule has 3 unspecified atom stereocenters. The molecule has 0 saturated carbocycles. The summed E-state index contributed by atoms with van der Waals surface area (Å²) in [5, 5.41) is 14.5. The molecule has 1 aliphatic heterocycles. The monoisotopic (exact) mass is 624 g/mol. The number of fused-ring (bicyclic) bond motifs is 1. The summed E-state index contributed by atoms with van der Waals surface area (Å²) in [6, 6.07) is 24.2. The van der Waals surface area contributed by atoms with E-state index in [1.807, 2.05) is 86.6 Å². The number of anilines is 1. The van der Waals surface area contributed by atoms with Crippen LogP contribution in [0.1, 0.15) is 72.4 Å². The summed E-state index contributed by atoms with van der Waals surface area (Å²) in [4.78, 5) is 48.1. The van der Waals surface area contributed by atoms with Crippen molar-refractivity contribution < 1.29 is 28.6 Å². The van der Waals surface area contributed by atoms with Crippen molar-refractivity contribution in [2.45, 2.75) is 58.4 Å². The summed E-state index contributed by atoms with van der Waals surface area (Å²) < 4.78 is 11.1. The van der Waals surface area contributed by atoms with E-state index in [-0.39, 0.29) is 36.6 Å². The van der Waals surface area contributed by atoms with Crippen LogP contribution in [0.3, 0.4) is 0 Å². The number of nitrogens with zero attached hydrogens (tertiary/aromatic N) is 3. The topological polar surface area (TPSA) is 125 Å². The Bertz CT molecular complexity index is 1620. The molecule has 0 fully saturated rings. The van der Waals surface area contributed by atoms with Gasteiger partial charge in [0.25, 0.3) is 5.91 Å². The van der Waals surface area contributed by atoms with Gasteiger partial charge in [-0.3, -0.25) is 9.59 Å². The van der Waals surface area contributed by atoms with Crippen molar-refractivity contribution in [1.29, 1.82) is 0 Å². The maximum absolute atomic E-state index is 14.2. The molecule has 46 heavy (non-hydrogen) atoms. The van der Waals surface area contributed by atoms with Crippen LogP contribution in [0, 0.1) is 5.92 Å². The van der Waals surface area contributed by atoms with Crippen LogP contribution in [0.4, 0.5) is 10.5 Å². The average Bonchev–Trinajstić information content (AvgIpc) is 3.74. The van der Waals surface area contributed by atoms with Gasteiger partial charge in [0.05, 0.1) is 6.04 Å². The Morgan fingerprint density at radius 3 is 2.37 bits per heavy atom.